The Kier molecular flexibility index (Phi) is 4.80. The summed E-state index contributed by atoms with van der Waals surface area (Å²) in [6, 6.07) is 17.3. The highest BCUT2D eigenvalue weighted by Crippen LogP contribution is 2.34. The second-order valence-electron chi connectivity index (χ2n) is 7.12. The van der Waals surface area contributed by atoms with Crippen LogP contribution >= 0.6 is 11.3 Å². The van der Waals surface area contributed by atoms with Crippen LogP contribution in [0, 0.1) is 6.92 Å². The van der Waals surface area contributed by atoms with Crippen LogP contribution < -0.4 is 14.4 Å². The van der Waals surface area contributed by atoms with Crippen molar-refractivity contribution in [3.63, 3.8) is 0 Å². The molecule has 3 heterocycles. The van der Waals surface area contributed by atoms with Gasteiger partial charge in [-0.15, -0.1) is 0 Å². The summed E-state index contributed by atoms with van der Waals surface area (Å²) < 4.78 is 12.8. The maximum absolute atomic E-state index is 13.5. The van der Waals surface area contributed by atoms with E-state index in [2.05, 4.69) is 11.1 Å². The Bertz CT molecular complexity index is 1210. The van der Waals surface area contributed by atoms with Crippen LogP contribution in [-0.2, 0) is 11.3 Å². The van der Waals surface area contributed by atoms with Crippen molar-refractivity contribution in [1.82, 2.24) is 9.97 Å². The number of amides is 1. The van der Waals surface area contributed by atoms with Gasteiger partial charge in [-0.3, -0.25) is 14.7 Å². The van der Waals surface area contributed by atoms with Crippen molar-refractivity contribution < 1.29 is 14.3 Å². The molecule has 150 valence electrons. The third-order valence-corrected chi connectivity index (χ3v) is 5.92. The molecular weight excluding hydrogens is 398 g/mol. The summed E-state index contributed by atoms with van der Waals surface area (Å²) in [6.07, 6.45) is 2.72. The van der Waals surface area contributed by atoms with Gasteiger partial charge in [0.2, 0.25) is 6.10 Å². The summed E-state index contributed by atoms with van der Waals surface area (Å²) in [5.41, 5.74) is 2.94. The molecule has 0 aliphatic carbocycles. The van der Waals surface area contributed by atoms with E-state index in [1.807, 2.05) is 49.4 Å². The molecule has 5 rings (SSSR count). The van der Waals surface area contributed by atoms with E-state index in [9.17, 15) is 4.79 Å². The van der Waals surface area contributed by atoms with Gasteiger partial charge in [0.05, 0.1) is 16.8 Å². The Hall–Kier alpha value is -3.45. The van der Waals surface area contributed by atoms with Gasteiger partial charge < -0.3 is 9.47 Å². The monoisotopic (exact) mass is 417 g/mol. The fourth-order valence-corrected chi connectivity index (χ4v) is 4.43. The SMILES string of the molecule is Cc1ccc2nc(N(Cc3cccnc3)C(=O)[C@@H]3COc4ccccc4O3)sc2c1. The molecule has 1 amide bonds. The Balaban J connectivity index is 1.49. The van der Waals surface area contributed by atoms with Crippen LogP contribution in [0.3, 0.4) is 0 Å². The normalized spacial score (nSPS) is 15.2. The summed E-state index contributed by atoms with van der Waals surface area (Å²) in [5, 5.41) is 0.631. The number of aromatic nitrogens is 2. The minimum atomic E-state index is -0.745. The van der Waals surface area contributed by atoms with Gasteiger partial charge in [0, 0.05) is 12.4 Å². The highest BCUT2D eigenvalue weighted by atomic mass is 32.1. The number of benzene rings is 2. The van der Waals surface area contributed by atoms with Gasteiger partial charge >= 0.3 is 0 Å². The quantitative estimate of drug-likeness (QED) is 0.493. The molecule has 0 fully saturated rings. The zero-order valence-electron chi connectivity index (χ0n) is 16.3. The molecule has 0 saturated carbocycles. The number of nitrogens with zero attached hydrogens (tertiary/aromatic N) is 3. The van der Waals surface area contributed by atoms with Crippen molar-refractivity contribution in [2.24, 2.45) is 0 Å². The Morgan fingerprint density at radius 3 is 2.87 bits per heavy atom. The molecule has 7 heteroatoms. The summed E-state index contributed by atoms with van der Waals surface area (Å²) in [7, 11) is 0. The van der Waals surface area contributed by atoms with Crippen LogP contribution in [0.25, 0.3) is 10.2 Å². The van der Waals surface area contributed by atoms with Crippen LogP contribution in [0.15, 0.2) is 67.0 Å². The van der Waals surface area contributed by atoms with E-state index in [0.29, 0.717) is 23.2 Å². The standard InChI is InChI=1S/C23H19N3O3S/c1-15-8-9-17-21(11-15)30-23(25-17)26(13-16-5-4-10-24-12-16)22(27)20-14-28-18-6-2-3-7-19(18)29-20/h2-12,20H,13-14H2,1H3/t20-/m0/s1. The maximum Gasteiger partial charge on any atom is 0.273 e. The summed E-state index contributed by atoms with van der Waals surface area (Å²) in [4.78, 5) is 24.1. The Labute approximate surface area is 177 Å². The number of carbonyl (C=O) groups is 1. The number of fused-ring (bicyclic) bond motifs is 2. The van der Waals surface area contributed by atoms with Gasteiger partial charge in [-0.2, -0.15) is 0 Å². The first-order valence-corrected chi connectivity index (χ1v) is 10.4. The molecule has 0 radical (unpaired) electrons. The minimum absolute atomic E-state index is 0.156. The average molecular weight is 417 g/mol. The van der Waals surface area contributed by atoms with E-state index in [0.717, 1.165) is 21.3 Å². The van der Waals surface area contributed by atoms with Gasteiger partial charge in [-0.1, -0.05) is 35.6 Å². The highest BCUT2D eigenvalue weighted by molar-refractivity contribution is 7.22. The molecular formula is C23H19N3O3S. The predicted octanol–water partition coefficient (Wildman–Crippen LogP) is 4.37. The topological polar surface area (TPSA) is 64.6 Å². The molecule has 1 aliphatic heterocycles. The lowest BCUT2D eigenvalue weighted by Crippen LogP contribution is -2.46. The van der Waals surface area contributed by atoms with Crippen LogP contribution in [0.1, 0.15) is 11.1 Å². The second-order valence-corrected chi connectivity index (χ2v) is 8.13. The second kappa shape index (κ2) is 7.76. The van der Waals surface area contributed by atoms with Crippen LogP contribution in [-0.4, -0.2) is 28.6 Å². The molecule has 2 aromatic heterocycles. The molecule has 1 aliphatic rings. The molecule has 0 saturated heterocycles. The van der Waals surface area contributed by atoms with E-state index in [1.54, 1.807) is 23.4 Å². The van der Waals surface area contributed by atoms with Gasteiger partial charge in [-0.05, 0) is 48.4 Å². The molecule has 0 bridgehead atoms. The third-order valence-electron chi connectivity index (χ3n) is 4.88. The van der Waals surface area contributed by atoms with Crippen molar-refractivity contribution in [2.45, 2.75) is 19.6 Å². The number of hydrogen-bond acceptors (Lipinski definition) is 6. The maximum atomic E-state index is 13.5. The van der Waals surface area contributed by atoms with Crippen molar-refractivity contribution in [2.75, 3.05) is 11.5 Å². The van der Waals surface area contributed by atoms with Crippen LogP contribution in [0.4, 0.5) is 5.13 Å². The number of pyridine rings is 1. The zero-order chi connectivity index (χ0) is 20.5. The fraction of sp³-hybridized carbons (Fsp3) is 0.174. The van der Waals surface area contributed by atoms with Crippen molar-refractivity contribution >= 4 is 32.6 Å². The molecule has 2 aromatic carbocycles. The summed E-state index contributed by atoms with van der Waals surface area (Å²) in [6.45, 7) is 2.55. The number of thiazole rings is 1. The van der Waals surface area contributed by atoms with E-state index in [-0.39, 0.29) is 12.5 Å². The lowest BCUT2D eigenvalue weighted by atomic mass is 10.2. The highest BCUT2D eigenvalue weighted by Gasteiger charge is 2.33. The Morgan fingerprint density at radius 2 is 2.03 bits per heavy atom. The summed E-state index contributed by atoms with van der Waals surface area (Å²) in [5.74, 6) is 1.03. The molecule has 1 atom stereocenters. The molecule has 0 spiro atoms. The van der Waals surface area contributed by atoms with E-state index in [4.69, 9.17) is 14.5 Å². The van der Waals surface area contributed by atoms with Gasteiger partial charge in [0.1, 0.15) is 6.61 Å². The number of anilines is 1. The van der Waals surface area contributed by atoms with E-state index in [1.165, 1.54) is 11.3 Å². The molecule has 0 N–H and O–H groups in total. The fourth-order valence-electron chi connectivity index (χ4n) is 3.36. The van der Waals surface area contributed by atoms with Crippen LogP contribution in [0.2, 0.25) is 0 Å². The molecule has 6 nitrogen and oxygen atoms in total. The van der Waals surface area contributed by atoms with Crippen LogP contribution in [0.5, 0.6) is 11.5 Å². The number of para-hydroxylation sites is 2. The first-order valence-electron chi connectivity index (χ1n) is 9.63. The van der Waals surface area contributed by atoms with E-state index < -0.39 is 6.10 Å². The number of aryl methyl sites for hydroxylation is 1. The molecule has 0 unspecified atom stereocenters. The third kappa shape index (κ3) is 3.59. The van der Waals surface area contributed by atoms with Crippen molar-refractivity contribution in [1.29, 1.82) is 0 Å². The number of hydrogen-bond donors (Lipinski definition) is 0. The number of carbonyl (C=O) groups excluding carboxylic acids is 1. The zero-order valence-corrected chi connectivity index (χ0v) is 17.1. The first-order chi connectivity index (χ1) is 14.7. The van der Waals surface area contributed by atoms with Gasteiger partial charge in [0.15, 0.2) is 16.6 Å². The average Bonchev–Trinajstić information content (AvgIpc) is 3.20. The Morgan fingerprint density at radius 1 is 1.17 bits per heavy atom. The largest absolute Gasteiger partial charge is 0.485 e. The van der Waals surface area contributed by atoms with Crippen molar-refractivity contribution in [3.05, 3.63) is 78.1 Å². The lowest BCUT2D eigenvalue weighted by molar-refractivity contribution is -0.127. The van der Waals surface area contributed by atoms with Gasteiger partial charge in [-0.25, -0.2) is 4.98 Å². The minimum Gasteiger partial charge on any atom is -0.485 e. The van der Waals surface area contributed by atoms with Gasteiger partial charge in [0.25, 0.3) is 5.91 Å². The molecule has 30 heavy (non-hydrogen) atoms. The first kappa shape index (κ1) is 18.6. The predicted molar refractivity (Wildman–Crippen MR) is 116 cm³/mol. The van der Waals surface area contributed by atoms with Crippen molar-refractivity contribution in [3.8, 4) is 11.5 Å². The van der Waals surface area contributed by atoms with E-state index >= 15 is 0 Å². The lowest BCUT2D eigenvalue weighted by Gasteiger charge is -2.29. The number of rotatable bonds is 4. The summed E-state index contributed by atoms with van der Waals surface area (Å²) >= 11 is 1.49. The molecule has 4 aromatic rings. The smallest absolute Gasteiger partial charge is 0.273 e. The number of ether oxygens (including phenoxy) is 2.